The van der Waals surface area contributed by atoms with Gasteiger partial charge < -0.3 is 19.8 Å². The maximum atomic E-state index is 13.6. The van der Waals surface area contributed by atoms with Gasteiger partial charge >= 0.3 is 5.97 Å². The van der Waals surface area contributed by atoms with Crippen LogP contribution in [0, 0.1) is 11.7 Å². The predicted octanol–water partition coefficient (Wildman–Crippen LogP) is 3.94. The number of halogens is 1. The van der Waals surface area contributed by atoms with Crippen LogP contribution in [-0.4, -0.2) is 75.8 Å². The van der Waals surface area contributed by atoms with Gasteiger partial charge in [0.1, 0.15) is 17.5 Å². The first-order valence-corrected chi connectivity index (χ1v) is 12.5. The zero-order valence-corrected chi connectivity index (χ0v) is 21.7. The molecule has 1 amide bonds. The number of hydrogen-bond donors (Lipinski definition) is 2. The number of ether oxygens (including phenoxy) is 1. The number of aliphatic hydroxyl groups excluding tert-OH is 1. The number of pyridine rings is 1. The lowest BCUT2D eigenvalue weighted by molar-refractivity contribution is 0.0325. The summed E-state index contributed by atoms with van der Waals surface area (Å²) < 4.78 is 19.8. The number of amides is 1. The van der Waals surface area contributed by atoms with Crippen molar-refractivity contribution in [1.82, 2.24) is 14.8 Å². The second-order valence-corrected chi connectivity index (χ2v) is 9.91. The lowest BCUT2D eigenvalue weighted by atomic mass is 9.99. The second-order valence-electron chi connectivity index (χ2n) is 9.91. The average Bonchev–Trinajstić information content (AvgIpc) is 2.90. The number of fused-ring (bicyclic) bond motifs is 1. The minimum Gasteiger partial charge on any atom is -0.478 e. The summed E-state index contributed by atoms with van der Waals surface area (Å²) in [7, 11) is 1.95. The van der Waals surface area contributed by atoms with E-state index < -0.39 is 12.0 Å². The molecule has 3 atom stereocenters. The number of nitrogens with zero attached hydrogens (tertiary/aromatic N) is 3. The molecule has 200 valence electrons. The third-order valence-corrected chi connectivity index (χ3v) is 6.84. The highest BCUT2D eigenvalue weighted by Gasteiger charge is 2.34. The van der Waals surface area contributed by atoms with Gasteiger partial charge in [-0.05, 0) is 55.4 Å². The number of carboxylic acids is 1. The van der Waals surface area contributed by atoms with Crippen LogP contribution < -0.4 is 4.74 Å². The third kappa shape index (κ3) is 6.17. The van der Waals surface area contributed by atoms with Gasteiger partial charge in [-0.25, -0.2) is 14.2 Å². The van der Waals surface area contributed by atoms with Crippen molar-refractivity contribution in [2.45, 2.75) is 32.5 Å². The molecule has 0 bridgehead atoms. The molecule has 3 aromatic rings. The van der Waals surface area contributed by atoms with E-state index in [1.807, 2.05) is 14.0 Å². The minimum absolute atomic E-state index is 0.0727. The van der Waals surface area contributed by atoms with Gasteiger partial charge in [0, 0.05) is 37.3 Å². The van der Waals surface area contributed by atoms with E-state index in [0.717, 1.165) is 11.1 Å². The van der Waals surface area contributed by atoms with E-state index >= 15 is 0 Å². The van der Waals surface area contributed by atoms with E-state index in [9.17, 15) is 19.1 Å². The first-order chi connectivity index (χ1) is 18.2. The summed E-state index contributed by atoms with van der Waals surface area (Å²) in [5.74, 6) is -1.46. The largest absolute Gasteiger partial charge is 0.478 e. The molecule has 0 saturated carbocycles. The Morgan fingerprint density at radius 1 is 1.18 bits per heavy atom. The molecule has 2 aromatic carbocycles. The Bertz CT molecular complexity index is 1280. The Labute approximate surface area is 221 Å². The fourth-order valence-electron chi connectivity index (χ4n) is 4.56. The highest BCUT2D eigenvalue weighted by atomic mass is 19.1. The molecule has 1 aliphatic heterocycles. The van der Waals surface area contributed by atoms with Crippen molar-refractivity contribution in [3.05, 3.63) is 83.3 Å². The Hall–Kier alpha value is -3.82. The van der Waals surface area contributed by atoms with Crippen LogP contribution in [0.4, 0.5) is 4.39 Å². The zero-order valence-electron chi connectivity index (χ0n) is 21.7. The maximum absolute atomic E-state index is 13.6. The van der Waals surface area contributed by atoms with Gasteiger partial charge in [0.15, 0.2) is 0 Å². The summed E-state index contributed by atoms with van der Waals surface area (Å²) in [6.45, 7) is 5.10. The SMILES string of the molecule is C[C@H](CO)N1C[C@H](C)[C@H](CN(C)Cc2ccc(C(=O)O)cc2)Oc2ncc(-c3ccc(F)cc3)cc2C1=O. The van der Waals surface area contributed by atoms with Gasteiger partial charge in [-0.2, -0.15) is 0 Å². The molecule has 2 heterocycles. The molecule has 0 aliphatic carbocycles. The van der Waals surface area contributed by atoms with Crippen LogP contribution in [0.15, 0.2) is 60.8 Å². The van der Waals surface area contributed by atoms with E-state index in [1.165, 1.54) is 12.1 Å². The molecular formula is C29H32FN3O5. The molecule has 9 heteroatoms. The van der Waals surface area contributed by atoms with Crippen LogP contribution in [-0.2, 0) is 6.54 Å². The summed E-state index contributed by atoms with van der Waals surface area (Å²) in [5.41, 5.74) is 2.86. The van der Waals surface area contributed by atoms with Crippen LogP contribution in [0.1, 0.15) is 40.1 Å². The van der Waals surface area contributed by atoms with E-state index in [2.05, 4.69) is 9.88 Å². The van der Waals surface area contributed by atoms with Gasteiger partial charge in [-0.1, -0.05) is 31.2 Å². The van der Waals surface area contributed by atoms with Gasteiger partial charge in [0.25, 0.3) is 5.91 Å². The van der Waals surface area contributed by atoms with Crippen LogP contribution in [0.25, 0.3) is 11.1 Å². The van der Waals surface area contributed by atoms with Crippen molar-refractivity contribution in [2.75, 3.05) is 26.7 Å². The van der Waals surface area contributed by atoms with Crippen molar-refractivity contribution in [2.24, 2.45) is 5.92 Å². The molecule has 0 radical (unpaired) electrons. The van der Waals surface area contributed by atoms with Crippen molar-refractivity contribution in [1.29, 1.82) is 0 Å². The summed E-state index contributed by atoms with van der Waals surface area (Å²) in [5, 5.41) is 19.0. The van der Waals surface area contributed by atoms with Gasteiger partial charge in [-0.15, -0.1) is 0 Å². The van der Waals surface area contributed by atoms with Gasteiger partial charge in [0.05, 0.1) is 18.2 Å². The number of rotatable bonds is 8. The van der Waals surface area contributed by atoms with Crippen molar-refractivity contribution in [3.63, 3.8) is 0 Å². The fourth-order valence-corrected chi connectivity index (χ4v) is 4.56. The zero-order chi connectivity index (χ0) is 27.4. The minimum atomic E-state index is -0.966. The predicted molar refractivity (Wildman–Crippen MR) is 141 cm³/mol. The fraction of sp³-hybridized carbons (Fsp3) is 0.345. The van der Waals surface area contributed by atoms with E-state index in [4.69, 9.17) is 9.84 Å². The lowest BCUT2D eigenvalue weighted by Crippen LogP contribution is -2.49. The quantitative estimate of drug-likeness (QED) is 0.463. The third-order valence-electron chi connectivity index (χ3n) is 6.84. The Kier molecular flexibility index (Phi) is 8.38. The lowest BCUT2D eigenvalue weighted by Gasteiger charge is -2.37. The Morgan fingerprint density at radius 2 is 1.87 bits per heavy atom. The summed E-state index contributed by atoms with van der Waals surface area (Å²) in [6.07, 6.45) is 1.29. The molecule has 0 spiro atoms. The number of hydrogen-bond acceptors (Lipinski definition) is 6. The molecule has 0 unspecified atom stereocenters. The normalized spacial score (nSPS) is 18.4. The van der Waals surface area contributed by atoms with Gasteiger partial charge in [0.2, 0.25) is 5.88 Å². The molecular weight excluding hydrogens is 489 g/mol. The Morgan fingerprint density at radius 3 is 2.50 bits per heavy atom. The van der Waals surface area contributed by atoms with Crippen LogP contribution in [0.2, 0.25) is 0 Å². The van der Waals surface area contributed by atoms with Crippen molar-refractivity contribution >= 4 is 11.9 Å². The van der Waals surface area contributed by atoms with E-state index in [1.54, 1.807) is 60.5 Å². The number of carboxylic acid groups (broad SMARTS) is 1. The van der Waals surface area contributed by atoms with Crippen molar-refractivity contribution in [3.8, 4) is 17.0 Å². The molecule has 38 heavy (non-hydrogen) atoms. The number of aromatic nitrogens is 1. The topological polar surface area (TPSA) is 103 Å². The van der Waals surface area contributed by atoms with E-state index in [0.29, 0.717) is 25.2 Å². The molecule has 2 N–H and O–H groups in total. The standard InChI is InChI=1S/C29H32FN3O5/c1-18-14-33(19(2)17-34)28(35)25-12-23(21-8-10-24(30)11-9-21)13-31-27(25)38-26(18)16-32(3)15-20-4-6-22(7-5-20)29(36)37/h4-13,18-19,26,34H,14-17H2,1-3H3,(H,36,37)/t18-,19+,26-/m0/s1. The number of benzene rings is 2. The number of aliphatic hydroxyl groups is 1. The van der Waals surface area contributed by atoms with E-state index in [-0.39, 0.29) is 47.4 Å². The molecule has 1 aromatic heterocycles. The number of carbonyl (C=O) groups is 2. The van der Waals surface area contributed by atoms with Crippen LogP contribution >= 0.6 is 0 Å². The maximum Gasteiger partial charge on any atom is 0.335 e. The number of likely N-dealkylation sites (N-methyl/N-ethyl adjacent to an activating group) is 1. The van der Waals surface area contributed by atoms with Crippen LogP contribution in [0.3, 0.4) is 0 Å². The average molecular weight is 522 g/mol. The second kappa shape index (κ2) is 11.7. The first-order valence-electron chi connectivity index (χ1n) is 12.5. The highest BCUT2D eigenvalue weighted by Crippen LogP contribution is 2.30. The Balaban J connectivity index is 1.61. The number of aromatic carboxylic acids is 1. The highest BCUT2D eigenvalue weighted by molar-refractivity contribution is 5.98. The molecule has 4 rings (SSSR count). The van der Waals surface area contributed by atoms with Gasteiger partial charge in [-0.3, -0.25) is 9.69 Å². The van der Waals surface area contributed by atoms with Crippen molar-refractivity contribution < 1.29 is 28.9 Å². The molecule has 0 fully saturated rings. The molecule has 0 saturated heterocycles. The number of carbonyl (C=O) groups excluding carboxylic acids is 1. The molecule has 8 nitrogen and oxygen atoms in total. The monoisotopic (exact) mass is 521 g/mol. The summed E-state index contributed by atoms with van der Waals surface area (Å²) in [6, 6.07) is 14.0. The molecule has 1 aliphatic rings. The smallest absolute Gasteiger partial charge is 0.335 e. The van der Waals surface area contributed by atoms with Crippen LogP contribution in [0.5, 0.6) is 5.88 Å². The summed E-state index contributed by atoms with van der Waals surface area (Å²) >= 11 is 0. The summed E-state index contributed by atoms with van der Waals surface area (Å²) in [4.78, 5) is 33.0. The first kappa shape index (κ1) is 27.2.